The lowest BCUT2D eigenvalue weighted by Gasteiger charge is -2.00. The van der Waals surface area contributed by atoms with Crippen LogP contribution in [-0.2, 0) is 6.54 Å². The largest absolute Gasteiger partial charge is 0.352 e. The predicted octanol–water partition coefficient (Wildman–Crippen LogP) is 3.57. The van der Waals surface area contributed by atoms with Crippen LogP contribution in [0.3, 0.4) is 0 Å². The lowest BCUT2D eigenvalue weighted by atomic mass is 10.1. The summed E-state index contributed by atoms with van der Waals surface area (Å²) in [7, 11) is 0. The number of nitrogens with zero attached hydrogens (tertiary/aromatic N) is 1. The van der Waals surface area contributed by atoms with Gasteiger partial charge in [0.05, 0.1) is 11.3 Å². The summed E-state index contributed by atoms with van der Waals surface area (Å²) in [5, 5.41) is 0.999. The predicted molar refractivity (Wildman–Crippen MR) is 99.1 cm³/mol. The first-order valence-corrected chi connectivity index (χ1v) is 8.40. The molecule has 126 valence electrons. The summed E-state index contributed by atoms with van der Waals surface area (Å²) in [4.78, 5) is 28.3. The fourth-order valence-electron chi connectivity index (χ4n) is 2.99. The van der Waals surface area contributed by atoms with Crippen LogP contribution in [0, 0.1) is 0 Å². The third-order valence-electron chi connectivity index (χ3n) is 4.32. The molecule has 0 unspecified atom stereocenters. The van der Waals surface area contributed by atoms with Crippen molar-refractivity contribution in [3.05, 3.63) is 102 Å². The van der Waals surface area contributed by atoms with E-state index in [0.717, 1.165) is 10.9 Å². The van der Waals surface area contributed by atoms with Crippen molar-refractivity contribution in [2.45, 2.75) is 6.54 Å². The van der Waals surface area contributed by atoms with Crippen molar-refractivity contribution in [2.75, 3.05) is 0 Å². The highest BCUT2D eigenvalue weighted by atomic mass is 16.1. The van der Waals surface area contributed by atoms with Crippen molar-refractivity contribution in [2.24, 2.45) is 0 Å². The molecule has 0 aliphatic rings. The highest BCUT2D eigenvalue weighted by Gasteiger charge is 2.17. The number of pyridine rings is 1. The molecule has 4 heteroatoms. The molecule has 0 radical (unpaired) electrons. The Kier molecular flexibility index (Phi) is 4.15. The number of ketones is 2. The number of rotatable bonds is 5. The van der Waals surface area contributed by atoms with Gasteiger partial charge in [0.2, 0.25) is 18.1 Å². The number of aromatic nitrogens is 2. The van der Waals surface area contributed by atoms with Gasteiger partial charge < -0.3 is 4.98 Å². The highest BCUT2D eigenvalue weighted by molar-refractivity contribution is 6.09. The minimum atomic E-state index is -0.0947. The van der Waals surface area contributed by atoms with Crippen LogP contribution in [-0.4, -0.2) is 16.6 Å². The van der Waals surface area contributed by atoms with E-state index in [9.17, 15) is 9.59 Å². The number of para-hydroxylation sites is 1. The van der Waals surface area contributed by atoms with Crippen LogP contribution in [0.4, 0.5) is 0 Å². The van der Waals surface area contributed by atoms with Crippen LogP contribution in [0.2, 0.25) is 0 Å². The average Bonchev–Trinajstić information content (AvgIpc) is 3.12. The standard InChI is InChI=1S/C22H16N2O2/c25-21(16-7-2-1-3-8-16)15-24-12-6-10-18(14-24)22(26)20-13-17-9-4-5-11-19(17)23-20/h1-14H,15H2/p+1. The molecule has 26 heavy (non-hydrogen) atoms. The summed E-state index contributed by atoms with van der Waals surface area (Å²) in [5.41, 5.74) is 2.67. The molecule has 4 aromatic rings. The van der Waals surface area contributed by atoms with Crippen LogP contribution in [0.25, 0.3) is 10.9 Å². The van der Waals surface area contributed by atoms with Gasteiger partial charge in [0, 0.05) is 22.5 Å². The summed E-state index contributed by atoms with van der Waals surface area (Å²) in [6, 6.07) is 22.3. The molecule has 0 bridgehead atoms. The second-order valence-corrected chi connectivity index (χ2v) is 6.15. The Morgan fingerprint density at radius 1 is 0.846 bits per heavy atom. The second kappa shape index (κ2) is 6.76. The molecule has 0 amide bonds. The minimum absolute atomic E-state index is 0.00538. The summed E-state index contributed by atoms with van der Waals surface area (Å²) >= 11 is 0. The highest BCUT2D eigenvalue weighted by Crippen LogP contribution is 2.17. The Morgan fingerprint density at radius 3 is 2.38 bits per heavy atom. The molecule has 2 aromatic carbocycles. The van der Waals surface area contributed by atoms with E-state index in [4.69, 9.17) is 0 Å². The maximum absolute atomic E-state index is 12.8. The Morgan fingerprint density at radius 2 is 1.58 bits per heavy atom. The monoisotopic (exact) mass is 341 g/mol. The lowest BCUT2D eigenvalue weighted by molar-refractivity contribution is -0.683. The Hall–Kier alpha value is -3.53. The summed E-state index contributed by atoms with van der Waals surface area (Å²) in [5.74, 6) is -0.0893. The zero-order valence-electron chi connectivity index (χ0n) is 14.1. The molecule has 2 aromatic heterocycles. The van der Waals surface area contributed by atoms with E-state index in [0.29, 0.717) is 16.8 Å². The first-order chi connectivity index (χ1) is 12.7. The normalized spacial score (nSPS) is 10.8. The molecule has 1 N–H and O–H groups in total. The Labute approximate surface area is 150 Å². The fourth-order valence-corrected chi connectivity index (χ4v) is 2.99. The quantitative estimate of drug-likeness (QED) is 0.446. The third kappa shape index (κ3) is 3.17. The van der Waals surface area contributed by atoms with Gasteiger partial charge in [-0.25, -0.2) is 0 Å². The van der Waals surface area contributed by atoms with Gasteiger partial charge in [-0.2, -0.15) is 4.57 Å². The molecular weight excluding hydrogens is 324 g/mol. The molecule has 0 fully saturated rings. The molecule has 0 spiro atoms. The van der Waals surface area contributed by atoms with Crippen LogP contribution in [0.15, 0.2) is 85.2 Å². The van der Waals surface area contributed by atoms with Gasteiger partial charge in [-0.1, -0.05) is 48.5 Å². The van der Waals surface area contributed by atoms with Crippen LogP contribution in [0.5, 0.6) is 0 Å². The smallest absolute Gasteiger partial charge is 0.227 e. The number of fused-ring (bicyclic) bond motifs is 1. The first kappa shape index (κ1) is 16.0. The van der Waals surface area contributed by atoms with Crippen molar-refractivity contribution in [1.29, 1.82) is 0 Å². The number of nitrogens with one attached hydrogen (secondary N) is 1. The van der Waals surface area contributed by atoms with Crippen molar-refractivity contribution in [3.8, 4) is 0 Å². The first-order valence-electron chi connectivity index (χ1n) is 8.40. The van der Waals surface area contributed by atoms with Gasteiger partial charge in [-0.3, -0.25) is 9.59 Å². The zero-order valence-corrected chi connectivity index (χ0v) is 14.1. The van der Waals surface area contributed by atoms with Crippen molar-refractivity contribution in [1.82, 2.24) is 4.98 Å². The number of carbonyl (C=O) groups is 2. The number of aromatic amines is 1. The second-order valence-electron chi connectivity index (χ2n) is 6.15. The fraction of sp³-hybridized carbons (Fsp3) is 0.0455. The van der Waals surface area contributed by atoms with E-state index in [-0.39, 0.29) is 18.1 Å². The number of Topliss-reactive ketones (excluding diaryl/α,β-unsaturated/α-hetero) is 1. The van der Waals surface area contributed by atoms with Crippen molar-refractivity contribution in [3.63, 3.8) is 0 Å². The molecule has 0 atom stereocenters. The Bertz CT molecular complexity index is 1060. The van der Waals surface area contributed by atoms with E-state index in [1.807, 2.05) is 48.5 Å². The van der Waals surface area contributed by atoms with Crippen LogP contribution < -0.4 is 4.57 Å². The van der Waals surface area contributed by atoms with Gasteiger partial charge in [-0.05, 0) is 18.2 Å². The molecular formula is C22H17N2O2+. The number of benzene rings is 2. The number of H-pyrrole nitrogens is 1. The summed E-state index contributed by atoms with van der Waals surface area (Å²) in [6.07, 6.45) is 3.51. The molecule has 4 rings (SSSR count). The third-order valence-corrected chi connectivity index (χ3v) is 4.32. The van der Waals surface area contributed by atoms with Crippen LogP contribution >= 0.6 is 0 Å². The summed E-state index contributed by atoms with van der Waals surface area (Å²) in [6.45, 7) is 0.192. The van der Waals surface area contributed by atoms with Crippen molar-refractivity contribution >= 4 is 22.5 Å². The maximum Gasteiger partial charge on any atom is 0.227 e. The zero-order chi connectivity index (χ0) is 17.9. The molecule has 0 aliphatic heterocycles. The number of carbonyl (C=O) groups excluding carboxylic acids is 2. The SMILES string of the molecule is O=C(C[n+]1cccc(C(=O)c2cc3ccccc3[nH]2)c1)c1ccccc1. The molecule has 2 heterocycles. The molecule has 0 aliphatic carbocycles. The number of hydrogen-bond acceptors (Lipinski definition) is 2. The van der Waals surface area contributed by atoms with E-state index in [2.05, 4.69) is 4.98 Å². The number of hydrogen-bond donors (Lipinski definition) is 1. The van der Waals surface area contributed by atoms with E-state index < -0.39 is 0 Å². The lowest BCUT2D eigenvalue weighted by Crippen LogP contribution is -2.38. The minimum Gasteiger partial charge on any atom is -0.352 e. The van der Waals surface area contributed by atoms with Gasteiger partial charge in [-0.15, -0.1) is 0 Å². The van der Waals surface area contributed by atoms with E-state index in [1.165, 1.54) is 0 Å². The van der Waals surface area contributed by atoms with Gasteiger partial charge in [0.15, 0.2) is 12.4 Å². The van der Waals surface area contributed by atoms with Crippen molar-refractivity contribution < 1.29 is 14.2 Å². The maximum atomic E-state index is 12.8. The topological polar surface area (TPSA) is 53.8 Å². The van der Waals surface area contributed by atoms with E-state index >= 15 is 0 Å². The molecule has 4 nitrogen and oxygen atoms in total. The van der Waals surface area contributed by atoms with E-state index in [1.54, 1.807) is 41.2 Å². The van der Waals surface area contributed by atoms with Gasteiger partial charge >= 0.3 is 0 Å². The average molecular weight is 341 g/mol. The summed E-state index contributed by atoms with van der Waals surface area (Å²) < 4.78 is 1.74. The van der Waals surface area contributed by atoms with Gasteiger partial charge in [0.1, 0.15) is 0 Å². The molecule has 0 saturated carbocycles. The van der Waals surface area contributed by atoms with Gasteiger partial charge in [0.25, 0.3) is 0 Å². The Balaban J connectivity index is 1.59. The molecule has 0 saturated heterocycles. The van der Waals surface area contributed by atoms with Crippen LogP contribution in [0.1, 0.15) is 26.4 Å².